The van der Waals surface area contributed by atoms with E-state index in [0.29, 0.717) is 31.2 Å². The quantitative estimate of drug-likeness (QED) is 0.380. The lowest BCUT2D eigenvalue weighted by molar-refractivity contribution is -0.133. The van der Waals surface area contributed by atoms with E-state index in [1.54, 1.807) is 16.2 Å². The number of nitrogens with zero attached hydrogens (tertiary/aromatic N) is 3. The van der Waals surface area contributed by atoms with Crippen molar-refractivity contribution >= 4 is 34.1 Å². The van der Waals surface area contributed by atoms with Crippen LogP contribution in [0.5, 0.6) is 0 Å². The SMILES string of the molecule is Cc1ccc2c(c1)c(-n1cccc1)c1n2C[C@@](C)(C(=O)NCCC(C)C)N(Cc2cccs2)C1=O. The molecular formula is C28H32N4O2S. The highest BCUT2D eigenvalue weighted by molar-refractivity contribution is 7.09. The van der Waals surface area contributed by atoms with Gasteiger partial charge in [0.2, 0.25) is 5.91 Å². The van der Waals surface area contributed by atoms with Crippen molar-refractivity contribution in [1.82, 2.24) is 19.4 Å². The number of amides is 2. The second-order valence-electron chi connectivity index (χ2n) is 10.1. The van der Waals surface area contributed by atoms with E-state index in [-0.39, 0.29) is 11.8 Å². The first-order chi connectivity index (χ1) is 16.8. The Labute approximate surface area is 210 Å². The van der Waals surface area contributed by atoms with Gasteiger partial charge in [0, 0.05) is 29.2 Å². The Balaban J connectivity index is 1.67. The van der Waals surface area contributed by atoms with Gasteiger partial charge >= 0.3 is 0 Å². The maximum absolute atomic E-state index is 14.3. The minimum atomic E-state index is -1.02. The van der Waals surface area contributed by atoms with Gasteiger partial charge in [-0.3, -0.25) is 9.59 Å². The average Bonchev–Trinajstić information content (AvgIpc) is 3.57. The first-order valence-corrected chi connectivity index (χ1v) is 13.1. The van der Waals surface area contributed by atoms with Crippen LogP contribution >= 0.6 is 11.3 Å². The van der Waals surface area contributed by atoms with Crippen LogP contribution in [0.1, 0.15) is 48.1 Å². The Kier molecular flexibility index (Phi) is 6.05. The van der Waals surface area contributed by atoms with Crippen molar-refractivity contribution in [3.8, 4) is 5.69 Å². The van der Waals surface area contributed by atoms with Crippen molar-refractivity contribution in [2.75, 3.05) is 6.54 Å². The van der Waals surface area contributed by atoms with Gasteiger partial charge in [-0.2, -0.15) is 0 Å². The molecule has 0 bridgehead atoms. The van der Waals surface area contributed by atoms with Crippen LogP contribution in [0, 0.1) is 12.8 Å². The molecule has 0 radical (unpaired) electrons. The largest absolute Gasteiger partial charge is 0.354 e. The minimum absolute atomic E-state index is 0.106. The van der Waals surface area contributed by atoms with Crippen LogP contribution in [0.4, 0.5) is 0 Å². The van der Waals surface area contributed by atoms with Crippen molar-refractivity contribution in [1.29, 1.82) is 0 Å². The maximum atomic E-state index is 14.3. The molecule has 0 saturated carbocycles. The summed E-state index contributed by atoms with van der Waals surface area (Å²) in [6.45, 7) is 9.65. The van der Waals surface area contributed by atoms with E-state index in [0.717, 1.165) is 33.5 Å². The molecule has 1 N–H and O–H groups in total. The number of thiophene rings is 1. The number of hydrogen-bond acceptors (Lipinski definition) is 3. The summed E-state index contributed by atoms with van der Waals surface area (Å²) in [4.78, 5) is 30.9. The second-order valence-corrected chi connectivity index (χ2v) is 11.1. The Morgan fingerprint density at radius 1 is 1.17 bits per heavy atom. The molecule has 0 spiro atoms. The third kappa shape index (κ3) is 4.08. The van der Waals surface area contributed by atoms with Gasteiger partial charge < -0.3 is 19.4 Å². The average molecular weight is 489 g/mol. The highest BCUT2D eigenvalue weighted by Crippen LogP contribution is 2.39. The van der Waals surface area contributed by atoms with Crippen LogP contribution in [0.3, 0.4) is 0 Å². The molecule has 1 aromatic carbocycles. The van der Waals surface area contributed by atoms with Crippen molar-refractivity contribution in [3.05, 3.63) is 76.4 Å². The smallest absolute Gasteiger partial charge is 0.273 e. The number of aromatic nitrogens is 2. The number of carbonyl (C=O) groups is 2. The highest BCUT2D eigenvalue weighted by Gasteiger charge is 2.49. The van der Waals surface area contributed by atoms with Crippen LogP contribution in [0.2, 0.25) is 0 Å². The Morgan fingerprint density at radius 3 is 2.63 bits per heavy atom. The van der Waals surface area contributed by atoms with Crippen LogP contribution in [0.25, 0.3) is 16.6 Å². The van der Waals surface area contributed by atoms with Gasteiger partial charge in [0.15, 0.2) is 0 Å². The van der Waals surface area contributed by atoms with E-state index in [4.69, 9.17) is 0 Å². The molecule has 1 aliphatic heterocycles. The fraction of sp³-hybridized carbons (Fsp3) is 0.357. The zero-order valence-electron chi connectivity index (χ0n) is 20.7. The van der Waals surface area contributed by atoms with Gasteiger partial charge in [-0.25, -0.2) is 0 Å². The molecule has 4 aromatic rings. The predicted octanol–water partition coefficient (Wildman–Crippen LogP) is 5.38. The molecule has 1 atom stereocenters. The summed E-state index contributed by atoms with van der Waals surface area (Å²) in [7, 11) is 0. The van der Waals surface area contributed by atoms with Gasteiger partial charge in [-0.15, -0.1) is 11.3 Å². The number of benzene rings is 1. The van der Waals surface area contributed by atoms with Crippen molar-refractivity contribution < 1.29 is 9.59 Å². The molecule has 0 aliphatic carbocycles. The summed E-state index contributed by atoms with van der Waals surface area (Å²) < 4.78 is 4.07. The Hall–Kier alpha value is -3.32. The molecule has 0 unspecified atom stereocenters. The van der Waals surface area contributed by atoms with Crippen LogP contribution in [0.15, 0.2) is 60.2 Å². The van der Waals surface area contributed by atoms with Crippen molar-refractivity contribution in [2.45, 2.75) is 52.7 Å². The molecule has 0 saturated heterocycles. The third-order valence-corrected chi connectivity index (χ3v) is 7.82. The fourth-order valence-electron chi connectivity index (χ4n) is 4.99. The number of carbonyl (C=O) groups excluding carboxylic acids is 2. The van der Waals surface area contributed by atoms with Gasteiger partial charge in [0.25, 0.3) is 5.91 Å². The van der Waals surface area contributed by atoms with Crippen LogP contribution < -0.4 is 5.32 Å². The highest BCUT2D eigenvalue weighted by atomic mass is 32.1. The number of fused-ring (bicyclic) bond motifs is 3. The molecule has 6 nitrogen and oxygen atoms in total. The zero-order valence-corrected chi connectivity index (χ0v) is 21.6. The first kappa shape index (κ1) is 23.4. The Morgan fingerprint density at radius 2 is 1.94 bits per heavy atom. The topological polar surface area (TPSA) is 59.3 Å². The van der Waals surface area contributed by atoms with Crippen molar-refractivity contribution in [3.63, 3.8) is 0 Å². The van der Waals surface area contributed by atoms with E-state index < -0.39 is 5.54 Å². The monoisotopic (exact) mass is 488 g/mol. The molecule has 35 heavy (non-hydrogen) atoms. The summed E-state index contributed by atoms with van der Waals surface area (Å²) in [6.07, 6.45) is 4.85. The summed E-state index contributed by atoms with van der Waals surface area (Å²) in [5.74, 6) is 0.263. The molecule has 7 heteroatoms. The number of aryl methyl sites for hydroxylation is 1. The van der Waals surface area contributed by atoms with Gasteiger partial charge in [-0.1, -0.05) is 31.5 Å². The molecule has 4 heterocycles. The van der Waals surface area contributed by atoms with E-state index in [1.807, 2.05) is 53.5 Å². The molecule has 182 valence electrons. The Bertz CT molecular complexity index is 1370. The summed E-state index contributed by atoms with van der Waals surface area (Å²) in [5, 5.41) is 6.16. The van der Waals surface area contributed by atoms with E-state index in [1.165, 1.54) is 0 Å². The van der Waals surface area contributed by atoms with Crippen LogP contribution in [-0.2, 0) is 17.9 Å². The molecule has 0 fully saturated rings. The molecular weight excluding hydrogens is 456 g/mol. The van der Waals surface area contributed by atoms with Crippen LogP contribution in [-0.4, -0.2) is 37.9 Å². The van der Waals surface area contributed by atoms with Gasteiger partial charge in [-0.05, 0) is 61.9 Å². The normalized spacial score (nSPS) is 17.9. The molecule has 2 amide bonds. The summed E-state index contributed by atoms with van der Waals surface area (Å²) in [5.41, 5.74) is 2.59. The first-order valence-electron chi connectivity index (χ1n) is 12.2. The van der Waals surface area contributed by atoms with Gasteiger partial charge in [0.1, 0.15) is 11.2 Å². The number of nitrogens with one attached hydrogen (secondary N) is 1. The summed E-state index contributed by atoms with van der Waals surface area (Å²) >= 11 is 1.61. The van der Waals surface area contributed by atoms with Gasteiger partial charge in [0.05, 0.1) is 24.3 Å². The molecule has 3 aromatic heterocycles. The van der Waals surface area contributed by atoms with E-state index in [9.17, 15) is 9.59 Å². The number of hydrogen-bond donors (Lipinski definition) is 1. The lowest BCUT2D eigenvalue weighted by atomic mass is 9.94. The lowest BCUT2D eigenvalue weighted by Gasteiger charge is -2.44. The lowest BCUT2D eigenvalue weighted by Crippen LogP contribution is -2.63. The second kappa shape index (κ2) is 9.04. The standard InChI is InChI=1S/C28H32N4O2S/c1-19(2)11-12-29-27(34)28(4)18-31-23-10-9-20(3)16-22(23)24(30-13-5-6-14-30)25(31)26(33)32(28)17-21-8-7-15-35-21/h5-10,13-16,19H,11-12,17-18H2,1-4H3,(H,29,34)/t28-/m0/s1. The fourth-order valence-corrected chi connectivity index (χ4v) is 5.68. The number of rotatable bonds is 7. The predicted molar refractivity (Wildman–Crippen MR) is 141 cm³/mol. The van der Waals surface area contributed by atoms with E-state index in [2.05, 4.69) is 48.9 Å². The van der Waals surface area contributed by atoms with Crippen molar-refractivity contribution in [2.24, 2.45) is 5.92 Å². The molecule has 5 rings (SSSR count). The minimum Gasteiger partial charge on any atom is -0.354 e. The maximum Gasteiger partial charge on any atom is 0.273 e. The molecule has 1 aliphatic rings. The van der Waals surface area contributed by atoms with E-state index >= 15 is 0 Å². The zero-order chi connectivity index (χ0) is 24.7. The summed E-state index contributed by atoms with van der Waals surface area (Å²) in [6, 6.07) is 14.2. The third-order valence-electron chi connectivity index (χ3n) is 6.95.